The Kier molecular flexibility index (Phi) is 8.39. The summed E-state index contributed by atoms with van der Waals surface area (Å²) in [6.07, 6.45) is -4.62. The molecule has 60 heavy (non-hydrogen) atoms. The van der Waals surface area contributed by atoms with Crippen molar-refractivity contribution in [1.82, 2.24) is 0 Å². The second kappa shape index (κ2) is 13.5. The minimum absolute atomic E-state index is 0.0426. The van der Waals surface area contributed by atoms with Gasteiger partial charge in [-0.3, -0.25) is 0 Å². The monoisotopic (exact) mass is 806 g/mol. The van der Waals surface area contributed by atoms with Gasteiger partial charge < -0.3 is 9.80 Å². The number of alkyl halides is 3. The number of benzene rings is 7. The van der Waals surface area contributed by atoms with Crippen molar-refractivity contribution in [2.24, 2.45) is 0 Å². The fraction of sp³-hybridized carbons (Fsp3) is 0.192. The molecule has 0 saturated carbocycles. The third kappa shape index (κ3) is 5.38. The first kappa shape index (κ1) is 37.4. The van der Waals surface area contributed by atoms with Crippen molar-refractivity contribution in [2.45, 2.75) is 75.3 Å². The molecule has 0 spiro atoms. The van der Waals surface area contributed by atoms with Crippen molar-refractivity contribution < 1.29 is 13.2 Å². The zero-order valence-corrected chi connectivity index (χ0v) is 35.3. The maximum atomic E-state index is 15.7. The van der Waals surface area contributed by atoms with E-state index in [1.165, 1.54) is 43.9 Å². The van der Waals surface area contributed by atoms with E-state index in [-0.39, 0.29) is 30.9 Å². The molecule has 0 N–H and O–H groups in total. The molecule has 0 fully saturated rings. The fourth-order valence-electron chi connectivity index (χ4n) is 10.3. The molecule has 8 heteroatoms. The molecule has 4 aliphatic rings. The fourth-order valence-corrected chi connectivity index (χ4v) is 11.5. The minimum Gasteiger partial charge on any atom is -0.312 e. The zero-order chi connectivity index (χ0) is 41.4. The maximum Gasteiger partial charge on any atom is 0.418 e. The lowest BCUT2D eigenvalue weighted by Crippen LogP contribution is -2.68. The van der Waals surface area contributed by atoms with Crippen molar-refractivity contribution in [3.05, 3.63) is 156 Å². The molecule has 0 bridgehead atoms. The molecule has 7 aromatic rings. The molecule has 2 nitrogen and oxygen atoms in total. The van der Waals surface area contributed by atoms with Crippen molar-refractivity contribution >= 4 is 92.1 Å². The summed E-state index contributed by atoms with van der Waals surface area (Å²) in [5.74, 6) is 0.843. The Morgan fingerprint density at radius 2 is 0.983 bits per heavy atom. The Balaban J connectivity index is 1.33. The summed E-state index contributed by atoms with van der Waals surface area (Å²) < 4.78 is 47.2. The van der Waals surface area contributed by atoms with Gasteiger partial charge in [0.25, 0.3) is 6.71 Å². The normalized spacial score (nSPS) is 14.3. The Bertz CT molecular complexity index is 2920. The van der Waals surface area contributed by atoms with Crippen LogP contribution >= 0.6 is 11.8 Å². The highest BCUT2D eigenvalue weighted by molar-refractivity contribution is 8.00. The highest BCUT2D eigenvalue weighted by Gasteiger charge is 2.51. The molecular formula is C52H43B2F3N2S. The van der Waals surface area contributed by atoms with Gasteiger partial charge in [-0.2, -0.15) is 13.2 Å². The van der Waals surface area contributed by atoms with Gasteiger partial charge in [-0.15, -0.1) is 0 Å². The lowest BCUT2D eigenvalue weighted by atomic mass is 9.29. The first-order chi connectivity index (χ1) is 28.9. The highest BCUT2D eigenvalue weighted by Crippen LogP contribution is 2.52. The number of anilines is 6. The Hall–Kier alpha value is -5.59. The number of nitrogens with zero attached hydrogens (tertiary/aromatic N) is 2. The third-order valence-corrected chi connectivity index (χ3v) is 14.4. The van der Waals surface area contributed by atoms with Gasteiger partial charge in [0.1, 0.15) is 0 Å². The van der Waals surface area contributed by atoms with E-state index in [9.17, 15) is 0 Å². The second-order valence-electron chi connectivity index (χ2n) is 17.7. The minimum atomic E-state index is -4.62. The van der Waals surface area contributed by atoms with E-state index in [0.717, 1.165) is 55.4 Å². The van der Waals surface area contributed by atoms with Crippen molar-refractivity contribution in [3.63, 3.8) is 0 Å². The van der Waals surface area contributed by atoms with Gasteiger partial charge in [-0.05, 0) is 104 Å². The Labute approximate surface area is 355 Å². The topological polar surface area (TPSA) is 6.48 Å². The van der Waals surface area contributed by atoms with Crippen LogP contribution in [0.5, 0.6) is 0 Å². The van der Waals surface area contributed by atoms with Crippen LogP contribution in [-0.2, 0) is 6.18 Å². The van der Waals surface area contributed by atoms with Crippen LogP contribution in [0.4, 0.5) is 47.3 Å². The number of fused-ring (bicyclic) bond motifs is 10. The van der Waals surface area contributed by atoms with Crippen LogP contribution in [0.1, 0.15) is 81.5 Å². The summed E-state index contributed by atoms with van der Waals surface area (Å²) in [6, 6.07) is 45.6. The van der Waals surface area contributed by atoms with Crippen molar-refractivity contribution in [3.8, 4) is 11.1 Å². The van der Waals surface area contributed by atoms with Crippen LogP contribution in [-0.4, -0.2) is 13.4 Å². The molecular weight excluding hydrogens is 763 g/mol. The van der Waals surface area contributed by atoms with E-state index >= 15 is 13.2 Å². The van der Waals surface area contributed by atoms with Crippen LogP contribution < -0.4 is 42.6 Å². The second-order valence-corrected chi connectivity index (χ2v) is 18.8. The summed E-state index contributed by atoms with van der Waals surface area (Å²) in [7, 11) is 0. The number of hydrogen-bond donors (Lipinski definition) is 0. The van der Waals surface area contributed by atoms with Crippen LogP contribution in [0.25, 0.3) is 11.1 Å². The first-order valence-electron chi connectivity index (χ1n) is 21.2. The van der Waals surface area contributed by atoms with Crippen LogP contribution in [0.3, 0.4) is 0 Å². The van der Waals surface area contributed by atoms with Gasteiger partial charge in [0.05, 0.1) is 11.3 Å². The van der Waals surface area contributed by atoms with E-state index in [1.807, 2.05) is 41.3 Å². The Morgan fingerprint density at radius 1 is 0.467 bits per heavy atom. The first-order valence-corrected chi connectivity index (χ1v) is 22.0. The molecule has 0 saturated heterocycles. The number of para-hydroxylation sites is 1. The summed E-state index contributed by atoms with van der Waals surface area (Å²) in [5, 5.41) is 0. The molecule has 0 aromatic heterocycles. The molecule has 4 heterocycles. The molecule has 0 aliphatic carbocycles. The van der Waals surface area contributed by atoms with E-state index in [4.69, 9.17) is 0 Å². The molecule has 11 rings (SSSR count). The summed E-state index contributed by atoms with van der Waals surface area (Å²) in [6.45, 7) is 13.1. The maximum absolute atomic E-state index is 15.7. The largest absolute Gasteiger partial charge is 0.418 e. The van der Waals surface area contributed by atoms with Gasteiger partial charge in [-0.25, -0.2) is 0 Å². The lowest BCUT2D eigenvalue weighted by Gasteiger charge is -2.50. The van der Waals surface area contributed by atoms with E-state index in [2.05, 4.69) is 131 Å². The number of rotatable bonds is 5. The molecule has 0 amide bonds. The average Bonchev–Trinajstić information content (AvgIpc) is 3.24. The zero-order valence-electron chi connectivity index (χ0n) is 34.5. The molecule has 0 atom stereocenters. The molecule has 4 aliphatic heterocycles. The number of hydrogen-bond acceptors (Lipinski definition) is 3. The van der Waals surface area contributed by atoms with Crippen LogP contribution in [0, 0.1) is 0 Å². The molecule has 0 radical (unpaired) electrons. The predicted octanol–water partition coefficient (Wildman–Crippen LogP) is 11.1. The van der Waals surface area contributed by atoms with E-state index in [0.29, 0.717) is 11.5 Å². The summed E-state index contributed by atoms with van der Waals surface area (Å²) in [5.41, 5.74) is 16.5. The highest BCUT2D eigenvalue weighted by atomic mass is 32.2. The van der Waals surface area contributed by atoms with Gasteiger partial charge in [0.15, 0.2) is 0 Å². The summed E-state index contributed by atoms with van der Waals surface area (Å²) >= 11 is 1.74. The van der Waals surface area contributed by atoms with Gasteiger partial charge in [0.2, 0.25) is 6.71 Å². The Morgan fingerprint density at radius 3 is 1.53 bits per heavy atom. The molecule has 0 unspecified atom stereocenters. The van der Waals surface area contributed by atoms with Gasteiger partial charge >= 0.3 is 6.18 Å². The summed E-state index contributed by atoms with van der Waals surface area (Å²) in [4.78, 5) is 6.71. The van der Waals surface area contributed by atoms with Gasteiger partial charge in [-0.1, -0.05) is 156 Å². The smallest absolute Gasteiger partial charge is 0.312 e. The molecule has 7 aromatic carbocycles. The van der Waals surface area contributed by atoms with Gasteiger partial charge in [0, 0.05) is 43.8 Å². The van der Waals surface area contributed by atoms with E-state index in [1.54, 1.807) is 17.8 Å². The van der Waals surface area contributed by atoms with Crippen LogP contribution in [0.15, 0.2) is 143 Å². The lowest BCUT2D eigenvalue weighted by molar-refractivity contribution is -0.137. The van der Waals surface area contributed by atoms with Crippen LogP contribution in [0.2, 0.25) is 0 Å². The predicted molar refractivity (Wildman–Crippen MR) is 248 cm³/mol. The number of halogens is 3. The van der Waals surface area contributed by atoms with Crippen molar-refractivity contribution in [1.29, 1.82) is 0 Å². The van der Waals surface area contributed by atoms with Crippen molar-refractivity contribution in [2.75, 3.05) is 9.80 Å². The van der Waals surface area contributed by atoms with E-state index < -0.39 is 11.7 Å². The quantitative estimate of drug-likeness (QED) is 0.160. The standard InChI is InChI=1S/C52H43B2F3N2S/c1-29(2)33-19-22-42-39(25-33)53-38-17-10-11-18-46(38)60-47-28-45-48-51(49(47)53)58(42)43-23-20-34(30(3)4)26-40(43)54(48)41-27-35(31(5)6)21-24-44(41)59(45)50-36(32-13-8-7-9-14-32)15-12-16-37(50)52(55,56)57/h7-31H,1-6H3. The average molecular weight is 807 g/mol. The SMILES string of the molecule is CC(C)c1ccc2c(c1)B1c3cc(C(C)C)ccc3N3c4ccc(C(C)C)cc4B4c5ccccc5Sc5cc(c1c3c54)N2c1c(-c2ccccc2)cccc1C(F)(F)F. The molecule has 294 valence electrons. The third-order valence-electron chi connectivity index (χ3n) is 13.3.